The first-order chi connectivity index (χ1) is 14.1. The Kier molecular flexibility index (Phi) is 5.86. The molecule has 0 amide bonds. The van der Waals surface area contributed by atoms with Crippen molar-refractivity contribution in [3.05, 3.63) is 98.2 Å². The average molecular weight is 439 g/mol. The number of aliphatic hydroxyl groups excluding tert-OH is 1. The molecule has 0 fully saturated rings. The number of ether oxygens (including phenoxy) is 1. The molecule has 1 aliphatic rings. The third kappa shape index (κ3) is 4.47. The Hall–Kier alpha value is -3.30. The molecular formula is C20H14ClF3N2O4. The summed E-state index contributed by atoms with van der Waals surface area (Å²) in [4.78, 5) is 10.8. The number of nitro benzene ring substituents is 1. The molecule has 0 spiro atoms. The zero-order chi connectivity index (χ0) is 22.1. The maximum atomic E-state index is 12.9. The fraction of sp³-hybridized carbons (Fsp3) is 0.100. The summed E-state index contributed by atoms with van der Waals surface area (Å²) in [5.41, 5.74) is 4.78. The zero-order valence-corrected chi connectivity index (χ0v) is 15.8. The Morgan fingerprint density at radius 2 is 1.93 bits per heavy atom. The fourth-order valence-electron chi connectivity index (χ4n) is 2.78. The molecule has 0 saturated heterocycles. The topological polar surface area (TPSA) is 98.6 Å². The minimum Gasteiger partial charge on any atom is -0.454 e. The van der Waals surface area contributed by atoms with Crippen molar-refractivity contribution in [1.82, 2.24) is 0 Å². The molecule has 10 heteroatoms. The Morgan fingerprint density at radius 1 is 1.23 bits per heavy atom. The lowest BCUT2D eigenvalue weighted by Gasteiger charge is -2.20. The number of halogens is 4. The maximum Gasteiger partial charge on any atom is 0.416 e. The Bertz CT molecular complexity index is 1090. The minimum absolute atomic E-state index is 0.00753. The molecule has 1 aliphatic carbocycles. The number of nitrogens with zero attached hydrogens (tertiary/aromatic N) is 1. The van der Waals surface area contributed by atoms with E-state index >= 15 is 0 Å². The van der Waals surface area contributed by atoms with Gasteiger partial charge in [0.25, 0.3) is 5.69 Å². The number of nitro groups is 1. The molecule has 1 unspecified atom stereocenters. The molecule has 0 aliphatic heterocycles. The number of hydrogen-bond acceptors (Lipinski definition) is 5. The molecule has 2 aromatic rings. The number of para-hydroxylation sites is 1. The number of nitrogens with two attached hydrogens (primary N) is 1. The molecule has 3 N–H and O–H groups in total. The van der Waals surface area contributed by atoms with E-state index in [9.17, 15) is 28.4 Å². The molecule has 0 heterocycles. The molecule has 3 rings (SSSR count). The van der Waals surface area contributed by atoms with Gasteiger partial charge in [0.05, 0.1) is 21.1 Å². The van der Waals surface area contributed by atoms with Crippen LogP contribution in [-0.2, 0) is 6.18 Å². The van der Waals surface area contributed by atoms with Crippen molar-refractivity contribution in [2.75, 3.05) is 0 Å². The second-order valence-corrected chi connectivity index (χ2v) is 6.66. The lowest BCUT2D eigenvalue weighted by atomic mass is 9.97. The summed E-state index contributed by atoms with van der Waals surface area (Å²) in [7, 11) is 0. The summed E-state index contributed by atoms with van der Waals surface area (Å²) >= 11 is 5.98. The van der Waals surface area contributed by atoms with Gasteiger partial charge in [0.15, 0.2) is 0 Å². The molecule has 30 heavy (non-hydrogen) atoms. The van der Waals surface area contributed by atoms with Crippen LogP contribution < -0.4 is 10.5 Å². The van der Waals surface area contributed by atoms with E-state index in [-0.39, 0.29) is 39.1 Å². The first kappa shape index (κ1) is 21.4. The van der Waals surface area contributed by atoms with Gasteiger partial charge in [0.1, 0.15) is 17.6 Å². The van der Waals surface area contributed by atoms with Crippen molar-refractivity contribution in [1.29, 1.82) is 0 Å². The first-order valence-corrected chi connectivity index (χ1v) is 8.81. The van der Waals surface area contributed by atoms with Gasteiger partial charge in [-0.15, -0.1) is 0 Å². The summed E-state index contributed by atoms with van der Waals surface area (Å²) < 4.78 is 44.5. The highest BCUT2D eigenvalue weighted by molar-refractivity contribution is 6.32. The van der Waals surface area contributed by atoms with Crippen molar-refractivity contribution < 1.29 is 27.9 Å². The van der Waals surface area contributed by atoms with Gasteiger partial charge < -0.3 is 15.6 Å². The Labute approximate surface area is 173 Å². The molecule has 156 valence electrons. The van der Waals surface area contributed by atoms with Crippen molar-refractivity contribution in [3.63, 3.8) is 0 Å². The summed E-state index contributed by atoms with van der Waals surface area (Å²) in [5.74, 6) is -0.345. The second kappa shape index (κ2) is 8.21. The number of allylic oxidation sites excluding steroid dienone is 1. The summed E-state index contributed by atoms with van der Waals surface area (Å²) in [5, 5.41) is 21.5. The van der Waals surface area contributed by atoms with E-state index in [1.165, 1.54) is 42.5 Å². The SMILES string of the molecule is NC1=CC(=C(Oc2ccc(C(F)(F)F)cc2Cl)c2ccccc2[N+](=O)[O-])C(O)C=C1. The second-order valence-electron chi connectivity index (χ2n) is 6.25. The molecular weight excluding hydrogens is 425 g/mol. The molecule has 0 radical (unpaired) electrons. The van der Waals surface area contributed by atoms with Crippen LogP contribution in [0, 0.1) is 10.1 Å². The molecule has 0 aromatic heterocycles. The quantitative estimate of drug-likeness (QED) is 0.404. The zero-order valence-electron chi connectivity index (χ0n) is 15.1. The van der Waals surface area contributed by atoms with E-state index < -0.39 is 22.8 Å². The van der Waals surface area contributed by atoms with Crippen LogP contribution in [0.4, 0.5) is 18.9 Å². The van der Waals surface area contributed by atoms with Crippen molar-refractivity contribution in [2.45, 2.75) is 12.3 Å². The van der Waals surface area contributed by atoms with Gasteiger partial charge in [-0.25, -0.2) is 0 Å². The van der Waals surface area contributed by atoms with Crippen LogP contribution in [0.25, 0.3) is 5.76 Å². The number of rotatable bonds is 4. The number of alkyl halides is 3. The van der Waals surface area contributed by atoms with Crippen LogP contribution in [0.3, 0.4) is 0 Å². The average Bonchev–Trinajstić information content (AvgIpc) is 2.68. The van der Waals surface area contributed by atoms with E-state index in [2.05, 4.69) is 0 Å². The van der Waals surface area contributed by atoms with E-state index in [1.807, 2.05) is 0 Å². The number of benzene rings is 2. The molecule has 1 atom stereocenters. The van der Waals surface area contributed by atoms with Gasteiger partial charge >= 0.3 is 6.18 Å². The number of hydrogen-bond donors (Lipinski definition) is 2. The van der Waals surface area contributed by atoms with Crippen molar-refractivity contribution >= 4 is 23.0 Å². The van der Waals surface area contributed by atoms with Crippen LogP contribution in [0.5, 0.6) is 5.75 Å². The Balaban J connectivity index is 2.18. The lowest BCUT2D eigenvalue weighted by molar-refractivity contribution is -0.385. The third-order valence-corrected chi connectivity index (χ3v) is 4.49. The van der Waals surface area contributed by atoms with E-state index in [1.54, 1.807) is 0 Å². The predicted octanol–water partition coefficient (Wildman–Crippen LogP) is 4.83. The van der Waals surface area contributed by atoms with Crippen molar-refractivity contribution in [2.24, 2.45) is 5.73 Å². The summed E-state index contributed by atoms with van der Waals surface area (Å²) in [6.45, 7) is 0. The highest BCUT2D eigenvalue weighted by atomic mass is 35.5. The van der Waals surface area contributed by atoms with Gasteiger partial charge in [0.2, 0.25) is 0 Å². The number of aliphatic hydroxyl groups is 1. The van der Waals surface area contributed by atoms with E-state index in [4.69, 9.17) is 22.1 Å². The van der Waals surface area contributed by atoms with Crippen LogP contribution in [0.15, 0.2) is 72.0 Å². The Morgan fingerprint density at radius 3 is 2.57 bits per heavy atom. The largest absolute Gasteiger partial charge is 0.454 e. The van der Waals surface area contributed by atoms with Crippen LogP contribution in [0.1, 0.15) is 11.1 Å². The monoisotopic (exact) mass is 438 g/mol. The van der Waals surface area contributed by atoms with Gasteiger partial charge in [-0.2, -0.15) is 13.2 Å². The molecule has 2 aromatic carbocycles. The minimum atomic E-state index is -4.61. The first-order valence-electron chi connectivity index (χ1n) is 8.44. The normalized spacial score (nSPS) is 18.0. The van der Waals surface area contributed by atoms with Gasteiger partial charge in [-0.3, -0.25) is 10.1 Å². The lowest BCUT2D eigenvalue weighted by Crippen LogP contribution is -2.16. The highest BCUT2D eigenvalue weighted by Crippen LogP contribution is 2.39. The van der Waals surface area contributed by atoms with Gasteiger partial charge in [-0.1, -0.05) is 23.7 Å². The standard InChI is InChI=1S/C20H14ClF3N2O4/c21-15-9-11(20(22,23)24)5-8-18(15)30-19(14-10-12(25)6-7-17(14)27)13-3-1-2-4-16(13)26(28)29/h1-10,17,27H,25H2. The van der Waals surface area contributed by atoms with E-state index in [0.717, 1.165) is 12.1 Å². The van der Waals surface area contributed by atoms with E-state index in [0.29, 0.717) is 6.07 Å². The molecule has 0 saturated carbocycles. The van der Waals surface area contributed by atoms with Crippen LogP contribution >= 0.6 is 11.6 Å². The third-order valence-electron chi connectivity index (χ3n) is 4.19. The molecule has 6 nitrogen and oxygen atoms in total. The predicted molar refractivity (Wildman–Crippen MR) is 105 cm³/mol. The maximum absolute atomic E-state index is 12.9. The summed E-state index contributed by atoms with van der Waals surface area (Å²) in [6, 6.07) is 8.01. The van der Waals surface area contributed by atoms with Gasteiger partial charge in [-0.05, 0) is 42.5 Å². The summed E-state index contributed by atoms with van der Waals surface area (Å²) in [6.07, 6.45) is -1.69. The smallest absolute Gasteiger partial charge is 0.416 e. The van der Waals surface area contributed by atoms with Crippen molar-refractivity contribution in [3.8, 4) is 5.75 Å². The van der Waals surface area contributed by atoms with Gasteiger partial charge in [0, 0.05) is 17.3 Å². The fourth-order valence-corrected chi connectivity index (χ4v) is 3.00. The highest BCUT2D eigenvalue weighted by Gasteiger charge is 2.32. The van der Waals surface area contributed by atoms with Crippen LogP contribution in [0.2, 0.25) is 5.02 Å². The molecule has 0 bridgehead atoms. The van der Waals surface area contributed by atoms with Crippen LogP contribution in [-0.4, -0.2) is 16.1 Å².